The molecule has 0 unspecified atom stereocenters. The van der Waals surface area contributed by atoms with Crippen LogP contribution >= 0.6 is 0 Å². The summed E-state index contributed by atoms with van der Waals surface area (Å²) in [4.78, 5) is 21.5. The highest BCUT2D eigenvalue weighted by atomic mass is 19.1. The molecule has 0 bridgehead atoms. The van der Waals surface area contributed by atoms with Crippen LogP contribution in [0.4, 0.5) is 13.2 Å². The van der Waals surface area contributed by atoms with Gasteiger partial charge in [0.15, 0.2) is 0 Å². The van der Waals surface area contributed by atoms with Crippen molar-refractivity contribution in [1.29, 1.82) is 0 Å². The topological polar surface area (TPSA) is 78.2 Å². The number of amidine groups is 1. The van der Waals surface area contributed by atoms with E-state index in [9.17, 15) is 18.0 Å². The number of hydrazone groups is 1. The third-order valence-corrected chi connectivity index (χ3v) is 5.03. The molecule has 2 aromatic rings. The minimum atomic E-state index is -0.700. The first kappa shape index (κ1) is 20.8. The fraction of sp³-hybridized carbons (Fsp3) is 0.273. The molecule has 2 N–H and O–H groups in total. The van der Waals surface area contributed by atoms with Crippen molar-refractivity contribution in [3.8, 4) is 0 Å². The number of rotatable bonds is 3. The van der Waals surface area contributed by atoms with Crippen molar-refractivity contribution in [1.82, 2.24) is 10.7 Å². The summed E-state index contributed by atoms with van der Waals surface area (Å²) in [5.74, 6) is -2.00. The molecule has 1 saturated carbocycles. The van der Waals surface area contributed by atoms with Crippen LogP contribution in [0.1, 0.15) is 48.0 Å². The molecule has 2 aliphatic rings. The van der Waals surface area contributed by atoms with Gasteiger partial charge in [0, 0.05) is 17.2 Å². The summed E-state index contributed by atoms with van der Waals surface area (Å²) < 4.78 is 40.5. The highest BCUT2D eigenvalue weighted by molar-refractivity contribution is 6.18. The Bertz CT molecular complexity index is 1070. The molecule has 0 saturated heterocycles. The number of nitrogens with one attached hydrogen (secondary N) is 2. The molecule has 0 aromatic heterocycles. The van der Waals surface area contributed by atoms with Crippen molar-refractivity contribution >= 4 is 23.4 Å². The zero-order valence-corrected chi connectivity index (χ0v) is 16.5. The smallest absolute Gasteiger partial charge is 0.258 e. The monoisotopic (exact) mass is 427 g/mol. The maximum atomic E-state index is 13.5. The third kappa shape index (κ3) is 5.36. The molecule has 0 spiro atoms. The average molecular weight is 427 g/mol. The van der Waals surface area contributed by atoms with Gasteiger partial charge in [-0.15, -0.1) is 0 Å². The van der Waals surface area contributed by atoms with Crippen LogP contribution in [0.3, 0.4) is 0 Å². The van der Waals surface area contributed by atoms with E-state index < -0.39 is 23.4 Å². The van der Waals surface area contributed by atoms with Crippen molar-refractivity contribution in [3.05, 3.63) is 71.0 Å². The van der Waals surface area contributed by atoms with E-state index >= 15 is 0 Å². The van der Waals surface area contributed by atoms with Gasteiger partial charge in [-0.05, 0) is 43.2 Å². The molecule has 0 radical (unpaired) electrons. The SMILES string of the molecule is O=C(NC(N=C1CC(c2cc(F)cc(F)c2)=NN1)=NC1CCCC1)c1cccc(F)c1. The van der Waals surface area contributed by atoms with Gasteiger partial charge in [0.2, 0.25) is 5.96 Å². The second kappa shape index (κ2) is 9.11. The van der Waals surface area contributed by atoms with E-state index in [1.165, 1.54) is 30.3 Å². The van der Waals surface area contributed by atoms with Crippen molar-refractivity contribution in [3.63, 3.8) is 0 Å². The zero-order chi connectivity index (χ0) is 21.8. The summed E-state index contributed by atoms with van der Waals surface area (Å²) in [6.07, 6.45) is 4.06. The Morgan fingerprint density at radius 1 is 1.03 bits per heavy atom. The molecule has 6 nitrogen and oxygen atoms in total. The molecule has 31 heavy (non-hydrogen) atoms. The van der Waals surface area contributed by atoms with Gasteiger partial charge < -0.3 is 0 Å². The number of carbonyl (C=O) groups is 1. The standard InChI is InChI=1S/C22H20F3N5O/c23-15-5-3-4-13(8-15)21(31)28-22(26-18-6-1-2-7-18)27-20-12-19(29-30-20)14-9-16(24)11-17(25)10-14/h3-5,8-11,18H,1-2,6-7,12H2,(H2,26,27,28,30,31). The van der Waals surface area contributed by atoms with Gasteiger partial charge in [0.1, 0.15) is 23.3 Å². The van der Waals surface area contributed by atoms with Crippen molar-refractivity contribution in [2.75, 3.05) is 0 Å². The number of carbonyl (C=O) groups excluding carboxylic acids is 1. The number of aliphatic imine (C=N–C) groups is 2. The molecule has 160 valence electrons. The van der Waals surface area contributed by atoms with Crippen molar-refractivity contribution in [2.45, 2.75) is 38.1 Å². The first-order chi connectivity index (χ1) is 15.0. The Labute approximate surface area is 177 Å². The minimum absolute atomic E-state index is 0.0336. The van der Waals surface area contributed by atoms with Gasteiger partial charge in [-0.1, -0.05) is 18.9 Å². The van der Waals surface area contributed by atoms with Crippen LogP contribution in [0, 0.1) is 17.5 Å². The lowest BCUT2D eigenvalue weighted by molar-refractivity contribution is 0.0976. The van der Waals surface area contributed by atoms with Crippen LogP contribution < -0.4 is 10.7 Å². The fourth-order valence-corrected chi connectivity index (χ4v) is 3.55. The summed E-state index contributed by atoms with van der Waals surface area (Å²) >= 11 is 0. The predicted molar refractivity (Wildman–Crippen MR) is 112 cm³/mol. The van der Waals surface area contributed by atoms with Gasteiger partial charge in [-0.25, -0.2) is 18.2 Å². The Morgan fingerprint density at radius 2 is 1.77 bits per heavy atom. The molecule has 0 atom stereocenters. The molecular formula is C22H20F3N5O. The zero-order valence-electron chi connectivity index (χ0n) is 16.5. The number of nitrogens with zero attached hydrogens (tertiary/aromatic N) is 3. The van der Waals surface area contributed by atoms with E-state index in [0.29, 0.717) is 17.1 Å². The number of hydrogen-bond donors (Lipinski definition) is 2. The van der Waals surface area contributed by atoms with Crippen LogP contribution in [0.5, 0.6) is 0 Å². The first-order valence-electron chi connectivity index (χ1n) is 9.97. The van der Waals surface area contributed by atoms with Crippen LogP contribution in [0.15, 0.2) is 57.6 Å². The normalized spacial score (nSPS) is 18.2. The highest BCUT2D eigenvalue weighted by Crippen LogP contribution is 2.21. The minimum Gasteiger partial charge on any atom is -0.291 e. The molecule has 4 rings (SSSR count). The second-order valence-electron chi connectivity index (χ2n) is 7.42. The maximum absolute atomic E-state index is 13.5. The van der Waals surface area contributed by atoms with E-state index in [1.807, 2.05) is 0 Å². The Hall–Kier alpha value is -3.49. The molecule has 9 heteroatoms. The number of amides is 1. The van der Waals surface area contributed by atoms with Crippen LogP contribution in [0.25, 0.3) is 0 Å². The molecule has 1 amide bonds. The van der Waals surface area contributed by atoms with E-state index in [1.54, 1.807) is 0 Å². The first-order valence-corrected chi connectivity index (χ1v) is 9.97. The van der Waals surface area contributed by atoms with E-state index in [0.717, 1.165) is 37.8 Å². The highest BCUT2D eigenvalue weighted by Gasteiger charge is 2.20. The van der Waals surface area contributed by atoms with E-state index in [2.05, 4.69) is 25.8 Å². The number of guanidine groups is 1. The van der Waals surface area contributed by atoms with Crippen LogP contribution in [-0.4, -0.2) is 29.5 Å². The number of hydrogen-bond acceptors (Lipinski definition) is 3. The molecule has 1 heterocycles. The van der Waals surface area contributed by atoms with E-state index in [4.69, 9.17) is 0 Å². The van der Waals surface area contributed by atoms with Crippen LogP contribution in [-0.2, 0) is 0 Å². The molecule has 2 aromatic carbocycles. The lowest BCUT2D eigenvalue weighted by Crippen LogP contribution is -2.32. The molecule has 1 fully saturated rings. The van der Waals surface area contributed by atoms with Gasteiger partial charge in [-0.2, -0.15) is 10.1 Å². The summed E-state index contributed by atoms with van der Waals surface area (Å²) in [5.41, 5.74) is 3.58. The molecular weight excluding hydrogens is 407 g/mol. The van der Waals surface area contributed by atoms with Gasteiger partial charge in [-0.3, -0.25) is 15.5 Å². The Balaban J connectivity index is 1.53. The van der Waals surface area contributed by atoms with E-state index in [-0.39, 0.29) is 24.0 Å². The number of benzene rings is 2. The fourth-order valence-electron chi connectivity index (χ4n) is 3.55. The van der Waals surface area contributed by atoms with Gasteiger partial charge >= 0.3 is 0 Å². The Kier molecular flexibility index (Phi) is 6.11. The predicted octanol–water partition coefficient (Wildman–Crippen LogP) is 3.93. The van der Waals surface area contributed by atoms with Crippen molar-refractivity contribution in [2.24, 2.45) is 15.1 Å². The average Bonchev–Trinajstić information content (AvgIpc) is 3.39. The largest absolute Gasteiger partial charge is 0.291 e. The summed E-state index contributed by atoms with van der Waals surface area (Å²) in [6.45, 7) is 0. The second-order valence-corrected chi connectivity index (χ2v) is 7.42. The summed E-state index contributed by atoms with van der Waals surface area (Å²) in [6, 6.07) is 8.51. The number of halogens is 3. The van der Waals surface area contributed by atoms with Crippen molar-refractivity contribution < 1.29 is 18.0 Å². The summed E-state index contributed by atoms with van der Waals surface area (Å²) in [7, 11) is 0. The van der Waals surface area contributed by atoms with Crippen LogP contribution in [0.2, 0.25) is 0 Å². The Morgan fingerprint density at radius 3 is 2.48 bits per heavy atom. The maximum Gasteiger partial charge on any atom is 0.258 e. The molecule has 1 aliphatic heterocycles. The summed E-state index contributed by atoms with van der Waals surface area (Å²) in [5, 5.41) is 6.72. The van der Waals surface area contributed by atoms with Gasteiger partial charge in [0.05, 0.1) is 18.2 Å². The third-order valence-electron chi connectivity index (χ3n) is 5.03. The molecule has 1 aliphatic carbocycles. The van der Waals surface area contributed by atoms with Gasteiger partial charge in [0.25, 0.3) is 5.91 Å². The lowest BCUT2D eigenvalue weighted by Gasteiger charge is -2.09. The quantitative estimate of drug-likeness (QED) is 0.575. The lowest BCUT2D eigenvalue weighted by atomic mass is 10.1.